The Kier molecular flexibility index (Phi) is 4.16. The Balaban J connectivity index is 1.55. The lowest BCUT2D eigenvalue weighted by Gasteiger charge is -2.14. The number of hydrogen-bond acceptors (Lipinski definition) is 6. The highest BCUT2D eigenvalue weighted by atomic mass is 32.2. The van der Waals surface area contributed by atoms with Crippen molar-refractivity contribution in [2.75, 3.05) is 11.6 Å². The number of aromatic nitrogens is 3. The summed E-state index contributed by atoms with van der Waals surface area (Å²) in [6.45, 7) is 0. The van der Waals surface area contributed by atoms with Crippen molar-refractivity contribution < 1.29 is 8.42 Å². The van der Waals surface area contributed by atoms with Gasteiger partial charge in [0.15, 0.2) is 9.84 Å². The molecule has 1 unspecified atom stereocenters. The summed E-state index contributed by atoms with van der Waals surface area (Å²) in [6.07, 6.45) is 9.47. The molecule has 0 bridgehead atoms. The highest BCUT2D eigenvalue weighted by Gasteiger charge is 2.22. The van der Waals surface area contributed by atoms with E-state index in [0.29, 0.717) is 17.1 Å². The Morgan fingerprint density at radius 3 is 2.69 bits per heavy atom. The average molecular weight is 366 g/mol. The molecule has 2 aromatic heterocycles. The van der Waals surface area contributed by atoms with E-state index in [1.54, 1.807) is 24.7 Å². The number of pyridine rings is 1. The van der Waals surface area contributed by atoms with Crippen molar-refractivity contribution in [3.63, 3.8) is 0 Å². The lowest BCUT2D eigenvalue weighted by atomic mass is 10.1. The molecule has 0 aliphatic heterocycles. The fraction of sp³-hybridized carbons (Fsp3) is 0.211. The average Bonchev–Trinajstić information content (AvgIpc) is 3.05. The summed E-state index contributed by atoms with van der Waals surface area (Å²) in [5.41, 5.74) is 3.89. The van der Waals surface area contributed by atoms with Gasteiger partial charge in [-0.05, 0) is 30.0 Å². The number of hydrogen-bond donors (Lipinski definition) is 1. The Morgan fingerprint density at radius 1 is 1.08 bits per heavy atom. The van der Waals surface area contributed by atoms with Gasteiger partial charge in [0, 0.05) is 24.2 Å². The van der Waals surface area contributed by atoms with Gasteiger partial charge in [-0.2, -0.15) is 0 Å². The zero-order valence-electron chi connectivity index (χ0n) is 14.3. The third-order valence-corrected chi connectivity index (χ3v) is 5.62. The second-order valence-electron chi connectivity index (χ2n) is 6.40. The molecule has 0 spiro atoms. The van der Waals surface area contributed by atoms with Crippen LogP contribution in [0, 0.1) is 0 Å². The molecule has 0 saturated heterocycles. The maximum atomic E-state index is 11.7. The van der Waals surface area contributed by atoms with Crippen molar-refractivity contribution in [1.29, 1.82) is 0 Å². The third-order valence-electron chi connectivity index (χ3n) is 4.54. The summed E-state index contributed by atoms with van der Waals surface area (Å²) >= 11 is 0. The number of nitrogens with one attached hydrogen (secondary N) is 1. The van der Waals surface area contributed by atoms with Crippen molar-refractivity contribution >= 4 is 15.7 Å². The molecule has 4 rings (SSSR count). The van der Waals surface area contributed by atoms with Crippen molar-refractivity contribution in [2.24, 2.45) is 0 Å². The third kappa shape index (κ3) is 3.30. The van der Waals surface area contributed by atoms with E-state index in [0.717, 1.165) is 19.1 Å². The second kappa shape index (κ2) is 6.49. The van der Waals surface area contributed by atoms with Crippen LogP contribution in [0.25, 0.3) is 11.3 Å². The molecular weight excluding hydrogens is 348 g/mol. The normalized spacial score (nSPS) is 16.3. The Bertz CT molecular complexity index is 1050. The predicted octanol–water partition coefficient (Wildman–Crippen LogP) is 3.04. The standard InChI is InChI=1S/C19H18N4O2S/c1-26(24,25)15-8-14(9-20-10-15)18-11-22-19(12-21-18)23-17-7-6-13-4-2-3-5-16(13)17/h2-5,8-12,17H,6-7H2,1H3,(H,22,23). The fourth-order valence-corrected chi connectivity index (χ4v) is 3.79. The molecule has 132 valence electrons. The molecule has 26 heavy (non-hydrogen) atoms. The Morgan fingerprint density at radius 2 is 1.92 bits per heavy atom. The molecule has 1 N–H and O–H groups in total. The van der Waals surface area contributed by atoms with Crippen molar-refractivity contribution in [2.45, 2.75) is 23.8 Å². The maximum Gasteiger partial charge on any atom is 0.177 e. The molecule has 2 heterocycles. The van der Waals surface area contributed by atoms with Gasteiger partial charge in [-0.25, -0.2) is 13.4 Å². The first kappa shape index (κ1) is 16.7. The predicted molar refractivity (Wildman–Crippen MR) is 99.5 cm³/mol. The van der Waals surface area contributed by atoms with Crippen molar-refractivity contribution in [1.82, 2.24) is 15.0 Å². The van der Waals surface area contributed by atoms with Crippen LogP contribution >= 0.6 is 0 Å². The molecule has 7 heteroatoms. The summed E-state index contributed by atoms with van der Waals surface area (Å²) in [7, 11) is -3.31. The van der Waals surface area contributed by atoms with Crippen LogP contribution in [0.3, 0.4) is 0 Å². The number of benzene rings is 1. The van der Waals surface area contributed by atoms with E-state index in [4.69, 9.17) is 0 Å². The summed E-state index contributed by atoms with van der Waals surface area (Å²) in [6, 6.07) is 10.2. The summed E-state index contributed by atoms with van der Waals surface area (Å²) in [5.74, 6) is 0.697. The zero-order chi connectivity index (χ0) is 18.1. The first-order chi connectivity index (χ1) is 12.5. The van der Waals surface area contributed by atoms with E-state index in [-0.39, 0.29) is 10.9 Å². The van der Waals surface area contributed by atoms with Gasteiger partial charge in [-0.15, -0.1) is 0 Å². The molecule has 0 amide bonds. The number of aryl methyl sites for hydroxylation is 1. The quantitative estimate of drug-likeness (QED) is 0.764. The minimum atomic E-state index is -3.31. The number of rotatable bonds is 4. The largest absolute Gasteiger partial charge is 0.362 e. The zero-order valence-corrected chi connectivity index (χ0v) is 15.1. The number of anilines is 1. The topological polar surface area (TPSA) is 84.8 Å². The lowest BCUT2D eigenvalue weighted by Crippen LogP contribution is -2.08. The van der Waals surface area contributed by atoms with Crippen molar-refractivity contribution in [3.8, 4) is 11.3 Å². The second-order valence-corrected chi connectivity index (χ2v) is 8.42. The number of sulfone groups is 1. The highest BCUT2D eigenvalue weighted by Crippen LogP contribution is 2.33. The van der Waals surface area contributed by atoms with Crippen LogP contribution in [0.5, 0.6) is 0 Å². The summed E-state index contributed by atoms with van der Waals surface area (Å²) in [5, 5.41) is 3.43. The molecule has 0 fully saturated rings. The van der Waals surface area contributed by atoms with Crippen LogP contribution in [-0.2, 0) is 16.3 Å². The van der Waals surface area contributed by atoms with Crippen LogP contribution in [0.2, 0.25) is 0 Å². The van der Waals surface area contributed by atoms with Gasteiger partial charge >= 0.3 is 0 Å². The van der Waals surface area contributed by atoms with E-state index >= 15 is 0 Å². The SMILES string of the molecule is CS(=O)(=O)c1cncc(-c2cnc(NC3CCc4ccccc43)cn2)c1. The van der Waals surface area contributed by atoms with Gasteiger partial charge in [-0.1, -0.05) is 24.3 Å². The van der Waals surface area contributed by atoms with E-state index in [9.17, 15) is 8.42 Å². The number of nitrogens with zero attached hydrogens (tertiary/aromatic N) is 3. The summed E-state index contributed by atoms with van der Waals surface area (Å²) in [4.78, 5) is 13.0. The van der Waals surface area contributed by atoms with Crippen LogP contribution < -0.4 is 5.32 Å². The minimum absolute atomic E-state index is 0.168. The first-order valence-electron chi connectivity index (χ1n) is 8.32. The molecule has 0 saturated carbocycles. The van der Waals surface area contributed by atoms with E-state index in [2.05, 4.69) is 44.5 Å². The summed E-state index contributed by atoms with van der Waals surface area (Å²) < 4.78 is 23.4. The molecule has 6 nitrogen and oxygen atoms in total. The Hall–Kier alpha value is -2.80. The van der Waals surface area contributed by atoms with Gasteiger partial charge < -0.3 is 5.32 Å². The monoisotopic (exact) mass is 366 g/mol. The smallest absolute Gasteiger partial charge is 0.177 e. The molecule has 1 atom stereocenters. The van der Waals surface area contributed by atoms with Crippen LogP contribution in [0.4, 0.5) is 5.82 Å². The number of fused-ring (bicyclic) bond motifs is 1. The Labute approximate surface area is 152 Å². The molecule has 1 aliphatic rings. The van der Waals surface area contributed by atoms with Gasteiger partial charge in [0.2, 0.25) is 0 Å². The molecule has 3 aromatic rings. The van der Waals surface area contributed by atoms with Crippen LogP contribution in [-0.4, -0.2) is 29.6 Å². The van der Waals surface area contributed by atoms with E-state index in [1.165, 1.54) is 17.3 Å². The lowest BCUT2D eigenvalue weighted by molar-refractivity contribution is 0.601. The minimum Gasteiger partial charge on any atom is -0.362 e. The highest BCUT2D eigenvalue weighted by molar-refractivity contribution is 7.90. The molecule has 1 aliphatic carbocycles. The maximum absolute atomic E-state index is 11.7. The molecular formula is C19H18N4O2S. The van der Waals surface area contributed by atoms with E-state index < -0.39 is 9.84 Å². The fourth-order valence-electron chi connectivity index (χ4n) is 3.20. The van der Waals surface area contributed by atoms with Crippen LogP contribution in [0.15, 0.2) is 60.0 Å². The molecule has 0 radical (unpaired) electrons. The van der Waals surface area contributed by atoms with Gasteiger partial charge in [0.25, 0.3) is 0 Å². The van der Waals surface area contributed by atoms with E-state index in [1.807, 2.05) is 0 Å². The molecule has 1 aromatic carbocycles. The first-order valence-corrected chi connectivity index (χ1v) is 10.2. The van der Waals surface area contributed by atoms with Crippen LogP contribution in [0.1, 0.15) is 23.6 Å². The van der Waals surface area contributed by atoms with Gasteiger partial charge in [0.05, 0.1) is 29.0 Å². The van der Waals surface area contributed by atoms with Crippen molar-refractivity contribution in [3.05, 3.63) is 66.2 Å². The van der Waals surface area contributed by atoms with Gasteiger partial charge in [0.1, 0.15) is 5.82 Å². The van der Waals surface area contributed by atoms with Gasteiger partial charge in [-0.3, -0.25) is 9.97 Å².